The molecule has 0 aromatic heterocycles. The molecular formula is C7H15N3O. The van der Waals surface area contributed by atoms with Gasteiger partial charge in [-0.3, -0.25) is 5.32 Å². The van der Waals surface area contributed by atoms with Crippen LogP contribution in [0.2, 0.25) is 0 Å². The van der Waals surface area contributed by atoms with Gasteiger partial charge in [-0.05, 0) is 25.8 Å². The highest BCUT2D eigenvalue weighted by molar-refractivity contribution is 5.71. The van der Waals surface area contributed by atoms with Crippen LogP contribution in [0.25, 0.3) is 0 Å². The average molecular weight is 157 g/mol. The van der Waals surface area contributed by atoms with Gasteiger partial charge in [0.15, 0.2) is 0 Å². The Morgan fingerprint density at radius 3 is 2.82 bits per heavy atom. The van der Waals surface area contributed by atoms with Crippen LogP contribution in [0.3, 0.4) is 0 Å². The van der Waals surface area contributed by atoms with Crippen molar-refractivity contribution in [3.8, 4) is 0 Å². The molecular weight excluding hydrogens is 142 g/mol. The number of hydrogen-bond donors (Lipinski definition) is 2. The van der Waals surface area contributed by atoms with Crippen molar-refractivity contribution in [2.75, 3.05) is 13.6 Å². The highest BCUT2D eigenvalue weighted by Crippen LogP contribution is 2.08. The summed E-state index contributed by atoms with van der Waals surface area (Å²) >= 11 is 0. The molecule has 0 radical (unpaired) electrons. The van der Waals surface area contributed by atoms with Crippen molar-refractivity contribution < 1.29 is 4.79 Å². The van der Waals surface area contributed by atoms with E-state index in [0.29, 0.717) is 0 Å². The van der Waals surface area contributed by atoms with E-state index in [4.69, 9.17) is 5.73 Å². The van der Waals surface area contributed by atoms with Crippen molar-refractivity contribution in [2.24, 2.45) is 5.73 Å². The third-order valence-electron chi connectivity index (χ3n) is 2.10. The van der Waals surface area contributed by atoms with Gasteiger partial charge in [0.1, 0.15) is 0 Å². The minimum Gasteiger partial charge on any atom is -0.351 e. The van der Waals surface area contributed by atoms with Gasteiger partial charge in [0.25, 0.3) is 0 Å². The van der Waals surface area contributed by atoms with E-state index in [-0.39, 0.29) is 12.2 Å². The molecule has 1 atom stereocenters. The minimum absolute atomic E-state index is 0.154. The lowest BCUT2D eigenvalue weighted by Gasteiger charge is -2.30. The maximum atomic E-state index is 10.7. The Kier molecular flexibility index (Phi) is 2.70. The molecule has 11 heavy (non-hydrogen) atoms. The lowest BCUT2D eigenvalue weighted by Crippen LogP contribution is -2.50. The van der Waals surface area contributed by atoms with Crippen LogP contribution in [0.15, 0.2) is 0 Å². The first-order valence-electron chi connectivity index (χ1n) is 3.97. The molecule has 1 rings (SSSR count). The molecule has 3 N–H and O–H groups in total. The lowest BCUT2D eigenvalue weighted by atomic mass is 10.1. The number of primary amides is 1. The zero-order chi connectivity index (χ0) is 8.27. The zero-order valence-electron chi connectivity index (χ0n) is 6.84. The predicted octanol–water partition coefficient (Wildman–Crippen LogP) is 0.0965. The first-order chi connectivity index (χ1) is 5.22. The fourth-order valence-electron chi connectivity index (χ4n) is 1.32. The van der Waals surface area contributed by atoms with E-state index in [1.54, 1.807) is 11.9 Å². The second kappa shape index (κ2) is 3.57. The Hall–Kier alpha value is -0.770. The standard InChI is InChI=1S/C7H15N3O/c1-10(7(8)11)6-4-2-3-5-9-6/h6,9H,2-5H2,1H3,(H2,8,11)/t6-/m0/s1. The van der Waals surface area contributed by atoms with E-state index >= 15 is 0 Å². The Morgan fingerprint density at radius 2 is 2.36 bits per heavy atom. The molecule has 4 heteroatoms. The molecule has 64 valence electrons. The van der Waals surface area contributed by atoms with Gasteiger partial charge < -0.3 is 10.6 Å². The van der Waals surface area contributed by atoms with E-state index in [0.717, 1.165) is 13.0 Å². The Morgan fingerprint density at radius 1 is 1.64 bits per heavy atom. The van der Waals surface area contributed by atoms with Gasteiger partial charge in [-0.2, -0.15) is 0 Å². The third kappa shape index (κ3) is 2.08. The number of nitrogens with one attached hydrogen (secondary N) is 1. The SMILES string of the molecule is CN(C(N)=O)[C@H]1CCCCN1. The van der Waals surface area contributed by atoms with Gasteiger partial charge in [0, 0.05) is 7.05 Å². The van der Waals surface area contributed by atoms with Crippen LogP contribution >= 0.6 is 0 Å². The largest absolute Gasteiger partial charge is 0.351 e. The summed E-state index contributed by atoms with van der Waals surface area (Å²) in [5, 5.41) is 3.23. The van der Waals surface area contributed by atoms with Gasteiger partial charge >= 0.3 is 6.03 Å². The van der Waals surface area contributed by atoms with Crippen molar-refractivity contribution in [3.63, 3.8) is 0 Å². The highest BCUT2D eigenvalue weighted by Gasteiger charge is 2.18. The third-order valence-corrected chi connectivity index (χ3v) is 2.10. The summed E-state index contributed by atoms with van der Waals surface area (Å²) in [5.74, 6) is 0. The van der Waals surface area contributed by atoms with Gasteiger partial charge in [0.05, 0.1) is 6.17 Å². The molecule has 0 saturated carbocycles. The number of nitrogens with zero attached hydrogens (tertiary/aromatic N) is 1. The number of nitrogens with two attached hydrogens (primary N) is 1. The maximum absolute atomic E-state index is 10.7. The Labute approximate surface area is 66.7 Å². The summed E-state index contributed by atoms with van der Waals surface area (Å²) in [6.07, 6.45) is 3.54. The summed E-state index contributed by atoms with van der Waals surface area (Å²) in [7, 11) is 1.73. The lowest BCUT2D eigenvalue weighted by molar-refractivity contribution is 0.172. The monoisotopic (exact) mass is 157 g/mol. The Balaban J connectivity index is 2.38. The first kappa shape index (κ1) is 8.33. The van der Waals surface area contributed by atoms with Gasteiger partial charge in [-0.1, -0.05) is 0 Å². The van der Waals surface area contributed by atoms with Crippen LogP contribution in [0.5, 0.6) is 0 Å². The number of rotatable bonds is 1. The maximum Gasteiger partial charge on any atom is 0.315 e. The van der Waals surface area contributed by atoms with Crippen LogP contribution in [0.4, 0.5) is 4.79 Å². The molecule has 1 aliphatic rings. The van der Waals surface area contributed by atoms with E-state index < -0.39 is 0 Å². The van der Waals surface area contributed by atoms with Crippen molar-refractivity contribution in [3.05, 3.63) is 0 Å². The molecule has 0 aromatic rings. The number of carbonyl (C=O) groups is 1. The van der Waals surface area contributed by atoms with E-state index in [1.807, 2.05) is 0 Å². The fourth-order valence-corrected chi connectivity index (χ4v) is 1.32. The van der Waals surface area contributed by atoms with Crippen LogP contribution < -0.4 is 11.1 Å². The van der Waals surface area contributed by atoms with Crippen LogP contribution in [0.1, 0.15) is 19.3 Å². The number of carbonyl (C=O) groups excluding carboxylic acids is 1. The minimum atomic E-state index is -0.357. The van der Waals surface area contributed by atoms with Gasteiger partial charge in [0.2, 0.25) is 0 Å². The zero-order valence-corrected chi connectivity index (χ0v) is 6.84. The molecule has 0 unspecified atom stereocenters. The first-order valence-corrected chi connectivity index (χ1v) is 3.97. The van der Waals surface area contributed by atoms with E-state index in [1.165, 1.54) is 12.8 Å². The molecule has 4 nitrogen and oxygen atoms in total. The van der Waals surface area contributed by atoms with Gasteiger partial charge in [-0.25, -0.2) is 4.79 Å². The molecule has 1 aliphatic heterocycles. The highest BCUT2D eigenvalue weighted by atomic mass is 16.2. The smallest absolute Gasteiger partial charge is 0.315 e. The summed E-state index contributed by atoms with van der Waals surface area (Å²) in [6.45, 7) is 0.988. The van der Waals surface area contributed by atoms with Crippen LogP contribution in [-0.4, -0.2) is 30.7 Å². The molecule has 1 heterocycles. The number of piperidine rings is 1. The summed E-state index contributed by atoms with van der Waals surface area (Å²) in [4.78, 5) is 12.3. The van der Waals surface area contributed by atoms with Crippen LogP contribution in [-0.2, 0) is 0 Å². The molecule has 1 saturated heterocycles. The summed E-state index contributed by atoms with van der Waals surface area (Å²) in [5.41, 5.74) is 5.11. The fraction of sp³-hybridized carbons (Fsp3) is 0.857. The summed E-state index contributed by atoms with van der Waals surface area (Å²) < 4.78 is 0. The van der Waals surface area contributed by atoms with Crippen molar-refractivity contribution in [2.45, 2.75) is 25.4 Å². The molecule has 0 aromatic carbocycles. The van der Waals surface area contributed by atoms with Crippen molar-refractivity contribution in [1.29, 1.82) is 0 Å². The molecule has 0 aliphatic carbocycles. The molecule has 0 bridgehead atoms. The van der Waals surface area contributed by atoms with E-state index in [9.17, 15) is 4.79 Å². The Bertz CT molecular complexity index is 143. The summed E-state index contributed by atoms with van der Waals surface area (Å²) in [6, 6.07) is -0.357. The average Bonchev–Trinajstić information content (AvgIpc) is 2.05. The predicted molar refractivity (Wildman–Crippen MR) is 43.0 cm³/mol. The van der Waals surface area contributed by atoms with Crippen molar-refractivity contribution >= 4 is 6.03 Å². The number of amides is 2. The van der Waals surface area contributed by atoms with Gasteiger partial charge in [-0.15, -0.1) is 0 Å². The molecule has 0 spiro atoms. The van der Waals surface area contributed by atoms with Crippen molar-refractivity contribution in [1.82, 2.24) is 10.2 Å². The number of hydrogen-bond acceptors (Lipinski definition) is 2. The quantitative estimate of drug-likeness (QED) is 0.567. The van der Waals surface area contributed by atoms with E-state index in [2.05, 4.69) is 5.32 Å². The topological polar surface area (TPSA) is 58.4 Å². The second-order valence-electron chi connectivity index (χ2n) is 2.91. The molecule has 2 amide bonds. The molecule has 1 fully saturated rings. The second-order valence-corrected chi connectivity index (χ2v) is 2.91. The number of urea groups is 1. The normalized spacial score (nSPS) is 24.6. The van der Waals surface area contributed by atoms with Crippen LogP contribution in [0, 0.1) is 0 Å².